The highest BCUT2D eigenvalue weighted by molar-refractivity contribution is 7.89. The normalized spacial score (nSPS) is 13.3. The lowest BCUT2D eigenvalue weighted by molar-refractivity contribution is 0.155. The van der Waals surface area contributed by atoms with Crippen LogP contribution in [0.15, 0.2) is 24.3 Å². The fourth-order valence-electron chi connectivity index (χ4n) is 1.46. The lowest BCUT2D eigenvalue weighted by atomic mass is 10.1. The average Bonchev–Trinajstić information content (AvgIpc) is 2.38. The van der Waals surface area contributed by atoms with Gasteiger partial charge in [0.15, 0.2) is 0 Å². The van der Waals surface area contributed by atoms with E-state index in [0.29, 0.717) is 11.1 Å². The fraction of sp³-hybridized carbons (Fsp3) is 0.417. The molecule has 0 bridgehead atoms. The molecule has 0 aliphatic carbocycles. The van der Waals surface area contributed by atoms with Gasteiger partial charge in [-0.15, -0.1) is 0 Å². The zero-order valence-electron chi connectivity index (χ0n) is 10.4. The molecule has 5 nitrogen and oxygen atoms in total. The molecule has 1 atom stereocenters. The van der Waals surface area contributed by atoms with Gasteiger partial charge in [0.2, 0.25) is 10.0 Å². The SMILES string of the molecule is CCS(=O)(=O)N(C)CC(O)c1ccc(C#N)cc1. The molecule has 1 N–H and O–H groups in total. The van der Waals surface area contributed by atoms with Gasteiger partial charge in [0.25, 0.3) is 0 Å². The summed E-state index contributed by atoms with van der Waals surface area (Å²) in [7, 11) is -1.86. The number of nitriles is 1. The first-order chi connectivity index (χ1) is 8.40. The van der Waals surface area contributed by atoms with Gasteiger partial charge in [0, 0.05) is 13.6 Å². The van der Waals surface area contributed by atoms with Gasteiger partial charge < -0.3 is 5.11 Å². The topological polar surface area (TPSA) is 81.4 Å². The predicted molar refractivity (Wildman–Crippen MR) is 68.2 cm³/mol. The Bertz CT molecular complexity index is 531. The molecule has 0 spiro atoms. The minimum atomic E-state index is -3.29. The summed E-state index contributed by atoms with van der Waals surface area (Å²) in [6, 6.07) is 8.40. The largest absolute Gasteiger partial charge is 0.387 e. The van der Waals surface area contributed by atoms with Crippen LogP contribution in [0.1, 0.15) is 24.2 Å². The summed E-state index contributed by atoms with van der Waals surface area (Å²) in [6.07, 6.45) is -0.899. The summed E-state index contributed by atoms with van der Waals surface area (Å²) < 4.78 is 24.2. The van der Waals surface area contributed by atoms with Crippen molar-refractivity contribution >= 4 is 10.0 Å². The van der Waals surface area contributed by atoms with Crippen molar-refractivity contribution < 1.29 is 13.5 Å². The molecule has 0 radical (unpaired) electrons. The third kappa shape index (κ3) is 3.53. The van der Waals surface area contributed by atoms with Gasteiger partial charge in [-0.05, 0) is 24.6 Å². The van der Waals surface area contributed by atoms with Crippen molar-refractivity contribution in [2.45, 2.75) is 13.0 Å². The second-order valence-corrected chi connectivity index (χ2v) is 6.30. The van der Waals surface area contributed by atoms with Crippen molar-refractivity contribution in [3.63, 3.8) is 0 Å². The van der Waals surface area contributed by atoms with Crippen LogP contribution in [0.25, 0.3) is 0 Å². The van der Waals surface area contributed by atoms with Crippen LogP contribution in [0.2, 0.25) is 0 Å². The Kier molecular flexibility index (Phi) is 4.84. The quantitative estimate of drug-likeness (QED) is 0.859. The number of aliphatic hydroxyl groups excluding tert-OH is 1. The predicted octanol–water partition coefficient (Wildman–Crippen LogP) is 0.873. The minimum Gasteiger partial charge on any atom is -0.387 e. The van der Waals surface area contributed by atoms with E-state index >= 15 is 0 Å². The molecule has 0 fully saturated rings. The van der Waals surface area contributed by atoms with Gasteiger partial charge in [-0.25, -0.2) is 12.7 Å². The van der Waals surface area contributed by atoms with Crippen LogP contribution in [0, 0.1) is 11.3 Å². The lowest BCUT2D eigenvalue weighted by Gasteiger charge is -2.20. The molecule has 0 amide bonds. The van der Waals surface area contributed by atoms with Crippen molar-refractivity contribution in [2.24, 2.45) is 0 Å². The van der Waals surface area contributed by atoms with Gasteiger partial charge in [0.1, 0.15) is 0 Å². The Balaban J connectivity index is 2.77. The van der Waals surface area contributed by atoms with E-state index in [-0.39, 0.29) is 12.3 Å². The van der Waals surface area contributed by atoms with E-state index in [9.17, 15) is 13.5 Å². The Hall–Kier alpha value is -1.42. The van der Waals surface area contributed by atoms with Crippen LogP contribution < -0.4 is 0 Å². The van der Waals surface area contributed by atoms with Crippen LogP contribution in [-0.4, -0.2) is 37.2 Å². The number of likely N-dealkylation sites (N-methyl/N-ethyl adjacent to an activating group) is 1. The molecule has 1 unspecified atom stereocenters. The number of rotatable bonds is 5. The average molecular weight is 268 g/mol. The van der Waals surface area contributed by atoms with Crippen molar-refractivity contribution in [1.29, 1.82) is 5.26 Å². The summed E-state index contributed by atoms with van der Waals surface area (Å²) in [6.45, 7) is 1.56. The first kappa shape index (κ1) is 14.6. The molecule has 0 aliphatic rings. The molecule has 6 heteroatoms. The Morgan fingerprint density at radius 1 is 1.39 bits per heavy atom. The number of aliphatic hydroxyl groups is 1. The zero-order chi connectivity index (χ0) is 13.8. The molecule has 18 heavy (non-hydrogen) atoms. The summed E-state index contributed by atoms with van der Waals surface area (Å²) in [5, 5.41) is 18.6. The Morgan fingerprint density at radius 2 is 1.94 bits per heavy atom. The molecule has 98 valence electrons. The fourth-order valence-corrected chi connectivity index (χ4v) is 2.27. The number of hydrogen-bond donors (Lipinski definition) is 1. The summed E-state index contributed by atoms with van der Waals surface area (Å²) in [5.41, 5.74) is 1.09. The van der Waals surface area contributed by atoms with E-state index < -0.39 is 16.1 Å². The van der Waals surface area contributed by atoms with E-state index in [2.05, 4.69) is 0 Å². The van der Waals surface area contributed by atoms with Gasteiger partial charge >= 0.3 is 0 Å². The number of hydrogen-bond acceptors (Lipinski definition) is 4. The van der Waals surface area contributed by atoms with Crippen molar-refractivity contribution in [3.05, 3.63) is 35.4 Å². The van der Waals surface area contributed by atoms with Crippen LogP contribution >= 0.6 is 0 Å². The molecular weight excluding hydrogens is 252 g/mol. The third-order valence-corrected chi connectivity index (χ3v) is 4.52. The Labute approximate surface area is 107 Å². The standard InChI is InChI=1S/C12H16N2O3S/c1-3-18(16,17)14(2)9-12(15)11-6-4-10(8-13)5-7-11/h4-7,12,15H,3,9H2,1-2H3. The number of nitrogens with zero attached hydrogens (tertiary/aromatic N) is 2. The van der Waals surface area contributed by atoms with Crippen LogP contribution in [0.5, 0.6) is 0 Å². The molecule has 0 aliphatic heterocycles. The van der Waals surface area contributed by atoms with E-state index in [1.165, 1.54) is 7.05 Å². The second-order valence-electron chi connectivity index (χ2n) is 3.93. The van der Waals surface area contributed by atoms with E-state index in [1.807, 2.05) is 6.07 Å². The van der Waals surface area contributed by atoms with E-state index in [4.69, 9.17) is 5.26 Å². The highest BCUT2D eigenvalue weighted by Crippen LogP contribution is 2.16. The maximum atomic E-state index is 11.5. The van der Waals surface area contributed by atoms with Gasteiger partial charge in [-0.3, -0.25) is 0 Å². The van der Waals surface area contributed by atoms with Gasteiger partial charge in [0.05, 0.1) is 23.5 Å². The molecule has 1 aromatic carbocycles. The maximum absolute atomic E-state index is 11.5. The van der Waals surface area contributed by atoms with Crippen molar-refractivity contribution in [3.8, 4) is 6.07 Å². The van der Waals surface area contributed by atoms with Crippen molar-refractivity contribution in [1.82, 2.24) is 4.31 Å². The second kappa shape index (κ2) is 5.96. The molecular formula is C12H16N2O3S. The van der Waals surface area contributed by atoms with E-state index in [1.54, 1.807) is 31.2 Å². The maximum Gasteiger partial charge on any atom is 0.213 e. The Morgan fingerprint density at radius 3 is 2.39 bits per heavy atom. The van der Waals surface area contributed by atoms with Crippen LogP contribution in [0.4, 0.5) is 0 Å². The van der Waals surface area contributed by atoms with Gasteiger partial charge in [-0.2, -0.15) is 5.26 Å². The molecule has 0 heterocycles. The summed E-state index contributed by atoms with van der Waals surface area (Å²) in [4.78, 5) is 0. The van der Waals surface area contributed by atoms with Crippen LogP contribution in [0.3, 0.4) is 0 Å². The highest BCUT2D eigenvalue weighted by atomic mass is 32.2. The number of benzene rings is 1. The molecule has 1 aromatic rings. The monoisotopic (exact) mass is 268 g/mol. The minimum absolute atomic E-state index is 0.00206. The summed E-state index contributed by atoms with van der Waals surface area (Å²) in [5.74, 6) is 0.00356. The lowest BCUT2D eigenvalue weighted by Crippen LogP contribution is -2.32. The van der Waals surface area contributed by atoms with E-state index in [0.717, 1.165) is 4.31 Å². The first-order valence-corrected chi connectivity index (χ1v) is 7.13. The van der Waals surface area contributed by atoms with Gasteiger partial charge in [-0.1, -0.05) is 12.1 Å². The number of sulfonamides is 1. The highest BCUT2D eigenvalue weighted by Gasteiger charge is 2.19. The van der Waals surface area contributed by atoms with Crippen LogP contribution in [-0.2, 0) is 10.0 Å². The third-order valence-electron chi connectivity index (χ3n) is 2.69. The molecule has 1 rings (SSSR count). The first-order valence-electron chi connectivity index (χ1n) is 5.53. The molecule has 0 saturated heterocycles. The summed E-state index contributed by atoms with van der Waals surface area (Å²) >= 11 is 0. The molecule has 0 aromatic heterocycles. The van der Waals surface area contributed by atoms with Crippen molar-refractivity contribution in [2.75, 3.05) is 19.3 Å². The zero-order valence-corrected chi connectivity index (χ0v) is 11.2. The molecule has 0 saturated carbocycles. The smallest absolute Gasteiger partial charge is 0.213 e.